The quantitative estimate of drug-likeness (QED) is 0.495. The van der Waals surface area contributed by atoms with Gasteiger partial charge in [0.05, 0.1) is 0 Å². The number of carbonyl (C=O) groups excluding carboxylic acids is 2. The van der Waals surface area contributed by atoms with E-state index in [0.29, 0.717) is 0 Å². The lowest BCUT2D eigenvalue weighted by atomic mass is 10.1. The molecule has 0 radical (unpaired) electrons. The van der Waals surface area contributed by atoms with Gasteiger partial charge in [-0.1, -0.05) is 0 Å². The average Bonchev–Trinajstić information content (AvgIpc) is 2.30. The molecule has 0 aromatic heterocycles. The fourth-order valence-corrected chi connectivity index (χ4v) is 1.13. The molecule has 1 aliphatic heterocycles. The number of hydrogen-bond acceptors (Lipinski definition) is 3. The van der Waals surface area contributed by atoms with Crippen molar-refractivity contribution in [1.29, 1.82) is 0 Å². The molecular weight excluding hydrogens is 164 g/mol. The van der Waals surface area contributed by atoms with Crippen LogP contribution in [-0.4, -0.2) is 34.5 Å². The summed E-state index contributed by atoms with van der Waals surface area (Å²) in [4.78, 5) is 32.7. The van der Waals surface area contributed by atoms with Gasteiger partial charge in [0.2, 0.25) is 5.91 Å². The standard InChI is InChI=1S/C6H8N2O4/c7-6(12)8-2-1-3(4(8)9)5(10)11/h3H,1-2H2,(H2,7,12)(H,10,11)/t3-/m1/s1. The van der Waals surface area contributed by atoms with Gasteiger partial charge < -0.3 is 10.8 Å². The van der Waals surface area contributed by atoms with Crippen LogP contribution in [0.1, 0.15) is 6.42 Å². The van der Waals surface area contributed by atoms with Crippen molar-refractivity contribution in [1.82, 2.24) is 4.90 Å². The molecule has 1 fully saturated rings. The van der Waals surface area contributed by atoms with Gasteiger partial charge in [-0.25, -0.2) is 4.79 Å². The number of carboxylic acids is 1. The highest BCUT2D eigenvalue weighted by molar-refractivity contribution is 6.05. The zero-order valence-electron chi connectivity index (χ0n) is 6.19. The summed E-state index contributed by atoms with van der Waals surface area (Å²) in [5.41, 5.74) is 4.82. The van der Waals surface area contributed by atoms with E-state index in [2.05, 4.69) is 0 Å². The molecule has 1 atom stereocenters. The van der Waals surface area contributed by atoms with Crippen LogP contribution in [0.3, 0.4) is 0 Å². The molecule has 1 saturated heterocycles. The number of imide groups is 1. The molecule has 0 unspecified atom stereocenters. The molecule has 1 heterocycles. The number of hydrogen-bond donors (Lipinski definition) is 2. The third-order valence-corrected chi connectivity index (χ3v) is 1.77. The third kappa shape index (κ3) is 1.23. The first-order valence-corrected chi connectivity index (χ1v) is 3.37. The molecule has 3 N–H and O–H groups in total. The van der Waals surface area contributed by atoms with Gasteiger partial charge in [-0.05, 0) is 6.42 Å². The van der Waals surface area contributed by atoms with Crippen molar-refractivity contribution in [2.75, 3.05) is 6.54 Å². The van der Waals surface area contributed by atoms with E-state index in [-0.39, 0.29) is 13.0 Å². The van der Waals surface area contributed by atoms with Gasteiger partial charge in [0.1, 0.15) is 5.92 Å². The Balaban J connectivity index is 2.74. The van der Waals surface area contributed by atoms with E-state index in [9.17, 15) is 14.4 Å². The zero-order chi connectivity index (χ0) is 9.30. The maximum Gasteiger partial charge on any atom is 0.321 e. The van der Waals surface area contributed by atoms with Crippen LogP contribution in [0.4, 0.5) is 4.79 Å². The summed E-state index contributed by atoms with van der Waals surface area (Å²) in [7, 11) is 0. The Labute approximate surface area is 67.9 Å². The highest BCUT2D eigenvalue weighted by Gasteiger charge is 2.39. The number of nitrogens with zero attached hydrogens (tertiary/aromatic N) is 1. The molecule has 6 heteroatoms. The summed E-state index contributed by atoms with van der Waals surface area (Å²) in [6, 6.07) is -0.885. The van der Waals surface area contributed by atoms with Crippen LogP contribution in [0, 0.1) is 5.92 Å². The van der Waals surface area contributed by atoms with Crippen molar-refractivity contribution >= 4 is 17.9 Å². The smallest absolute Gasteiger partial charge is 0.321 e. The van der Waals surface area contributed by atoms with Crippen LogP contribution >= 0.6 is 0 Å². The number of aliphatic carboxylic acids is 1. The molecule has 1 rings (SSSR count). The number of rotatable bonds is 1. The summed E-state index contributed by atoms with van der Waals surface area (Å²) in [5, 5.41) is 8.48. The predicted octanol–water partition coefficient (Wildman–Crippen LogP) is -1.00. The Morgan fingerprint density at radius 1 is 1.58 bits per heavy atom. The van der Waals surface area contributed by atoms with Crippen LogP contribution in [0.5, 0.6) is 0 Å². The molecule has 0 aromatic rings. The molecule has 6 nitrogen and oxygen atoms in total. The second-order valence-electron chi connectivity index (χ2n) is 2.51. The highest BCUT2D eigenvalue weighted by Crippen LogP contribution is 2.17. The van der Waals surface area contributed by atoms with Crippen molar-refractivity contribution in [2.45, 2.75) is 6.42 Å². The zero-order valence-corrected chi connectivity index (χ0v) is 6.19. The van der Waals surface area contributed by atoms with E-state index >= 15 is 0 Å². The molecule has 0 bridgehead atoms. The second kappa shape index (κ2) is 2.80. The number of primary amides is 1. The van der Waals surface area contributed by atoms with Gasteiger partial charge in [0.25, 0.3) is 0 Å². The van der Waals surface area contributed by atoms with Crippen molar-refractivity contribution in [3.63, 3.8) is 0 Å². The lowest BCUT2D eigenvalue weighted by Gasteiger charge is -2.08. The van der Waals surface area contributed by atoms with Gasteiger partial charge in [0.15, 0.2) is 0 Å². The van der Waals surface area contributed by atoms with E-state index in [1.807, 2.05) is 0 Å². The van der Waals surface area contributed by atoms with Crippen molar-refractivity contribution in [3.8, 4) is 0 Å². The number of carbonyl (C=O) groups is 3. The largest absolute Gasteiger partial charge is 0.481 e. The highest BCUT2D eigenvalue weighted by atomic mass is 16.4. The van der Waals surface area contributed by atoms with Gasteiger partial charge >= 0.3 is 12.0 Å². The minimum absolute atomic E-state index is 0.102. The monoisotopic (exact) mass is 172 g/mol. The summed E-state index contributed by atoms with van der Waals surface area (Å²) in [6.07, 6.45) is 0.150. The summed E-state index contributed by atoms with van der Waals surface area (Å²) < 4.78 is 0. The van der Waals surface area contributed by atoms with Crippen LogP contribution in [0.2, 0.25) is 0 Å². The first kappa shape index (κ1) is 8.51. The van der Waals surface area contributed by atoms with Crippen molar-refractivity contribution in [3.05, 3.63) is 0 Å². The molecule has 0 aliphatic carbocycles. The maximum atomic E-state index is 11.0. The van der Waals surface area contributed by atoms with E-state index < -0.39 is 23.8 Å². The van der Waals surface area contributed by atoms with Crippen LogP contribution < -0.4 is 5.73 Å². The Morgan fingerprint density at radius 3 is 2.42 bits per heavy atom. The normalized spacial score (nSPS) is 22.8. The van der Waals surface area contributed by atoms with Crippen LogP contribution in [0.15, 0.2) is 0 Å². The maximum absolute atomic E-state index is 11.0. The average molecular weight is 172 g/mol. The van der Waals surface area contributed by atoms with Crippen molar-refractivity contribution < 1.29 is 19.5 Å². The molecule has 0 aromatic carbocycles. The third-order valence-electron chi connectivity index (χ3n) is 1.77. The van der Waals surface area contributed by atoms with Gasteiger partial charge in [-0.3, -0.25) is 14.5 Å². The lowest BCUT2D eigenvalue weighted by molar-refractivity contribution is -0.146. The molecule has 1 aliphatic rings. The fraction of sp³-hybridized carbons (Fsp3) is 0.500. The minimum Gasteiger partial charge on any atom is -0.481 e. The van der Waals surface area contributed by atoms with E-state index in [1.165, 1.54) is 0 Å². The molecule has 0 saturated carbocycles. The Hall–Kier alpha value is -1.59. The number of nitrogens with two attached hydrogens (primary N) is 1. The second-order valence-corrected chi connectivity index (χ2v) is 2.51. The minimum atomic E-state index is -1.20. The molecule has 12 heavy (non-hydrogen) atoms. The van der Waals surface area contributed by atoms with E-state index in [0.717, 1.165) is 4.90 Å². The Kier molecular flexibility index (Phi) is 1.99. The van der Waals surface area contributed by atoms with Crippen molar-refractivity contribution in [2.24, 2.45) is 11.7 Å². The number of carboxylic acid groups (broad SMARTS) is 1. The van der Waals surface area contributed by atoms with E-state index in [4.69, 9.17) is 10.8 Å². The molecular formula is C6H8N2O4. The topological polar surface area (TPSA) is 101 Å². The number of amides is 3. The first-order chi connectivity index (χ1) is 5.54. The Bertz CT molecular complexity index is 226. The SMILES string of the molecule is NC(=O)N1CC[C@@H](C(=O)O)C1=O. The van der Waals surface area contributed by atoms with Gasteiger partial charge in [-0.15, -0.1) is 0 Å². The lowest BCUT2D eigenvalue weighted by Crippen LogP contribution is -2.38. The predicted molar refractivity (Wildman–Crippen MR) is 37.0 cm³/mol. The Morgan fingerprint density at radius 2 is 2.17 bits per heavy atom. The van der Waals surface area contributed by atoms with E-state index in [1.54, 1.807) is 0 Å². The number of urea groups is 1. The molecule has 3 amide bonds. The summed E-state index contributed by atoms with van der Waals surface area (Å²) in [5.74, 6) is -3.02. The van der Waals surface area contributed by atoms with Crippen LogP contribution in [-0.2, 0) is 9.59 Å². The first-order valence-electron chi connectivity index (χ1n) is 3.37. The fourth-order valence-electron chi connectivity index (χ4n) is 1.13. The van der Waals surface area contributed by atoms with Gasteiger partial charge in [0, 0.05) is 6.54 Å². The van der Waals surface area contributed by atoms with Gasteiger partial charge in [-0.2, -0.15) is 0 Å². The number of likely N-dealkylation sites (tertiary alicyclic amines) is 1. The summed E-state index contributed by atoms with van der Waals surface area (Å²) >= 11 is 0. The van der Waals surface area contributed by atoms with Crippen LogP contribution in [0.25, 0.3) is 0 Å². The molecule has 66 valence electrons. The summed E-state index contributed by atoms with van der Waals surface area (Å²) in [6.45, 7) is 0.102. The molecule has 0 spiro atoms.